The van der Waals surface area contributed by atoms with Crippen molar-refractivity contribution in [3.63, 3.8) is 0 Å². The topological polar surface area (TPSA) is 106 Å². The van der Waals surface area contributed by atoms with Crippen molar-refractivity contribution in [3.05, 3.63) is 60.3 Å². The number of aromatic nitrogens is 3. The number of amides is 1. The second kappa shape index (κ2) is 5.66. The quantitative estimate of drug-likeness (QED) is 0.383. The van der Waals surface area contributed by atoms with Gasteiger partial charge in [0.15, 0.2) is 0 Å². The molecular formula is C15H13N5O2. The zero-order valence-electron chi connectivity index (χ0n) is 11.5. The molecule has 0 bridgehead atoms. The summed E-state index contributed by atoms with van der Waals surface area (Å²) in [5, 5.41) is 18.0. The molecule has 22 heavy (non-hydrogen) atoms. The van der Waals surface area contributed by atoms with E-state index in [1.54, 1.807) is 12.3 Å². The van der Waals surface area contributed by atoms with Gasteiger partial charge in [-0.25, -0.2) is 10.5 Å². The lowest BCUT2D eigenvalue weighted by Gasteiger charge is -2.05. The normalized spacial score (nSPS) is 10.4. The van der Waals surface area contributed by atoms with Crippen molar-refractivity contribution >= 4 is 5.91 Å². The lowest BCUT2D eigenvalue weighted by Crippen LogP contribution is -2.30. The summed E-state index contributed by atoms with van der Waals surface area (Å²) in [6.45, 7) is 0. The minimum Gasteiger partial charge on any atom is -0.507 e. The van der Waals surface area contributed by atoms with Gasteiger partial charge in [-0.05, 0) is 12.1 Å². The number of phenolic OH excluding ortho intramolecular Hbond substituents is 1. The molecule has 0 aliphatic carbocycles. The van der Waals surface area contributed by atoms with Gasteiger partial charge in [0.25, 0.3) is 5.91 Å². The van der Waals surface area contributed by atoms with Crippen LogP contribution in [0, 0.1) is 0 Å². The number of rotatable bonds is 3. The number of benzene rings is 2. The number of aromatic hydroxyl groups is 1. The second-order valence-corrected chi connectivity index (χ2v) is 4.59. The van der Waals surface area contributed by atoms with Gasteiger partial charge in [0, 0.05) is 11.6 Å². The number of nitrogens with one attached hydrogen (secondary N) is 1. The van der Waals surface area contributed by atoms with E-state index in [-0.39, 0.29) is 11.3 Å². The molecule has 0 saturated heterocycles. The molecule has 0 radical (unpaired) electrons. The van der Waals surface area contributed by atoms with E-state index in [1.807, 2.05) is 35.8 Å². The third-order valence-corrected chi connectivity index (χ3v) is 3.18. The molecule has 110 valence electrons. The molecule has 0 aliphatic rings. The Hall–Kier alpha value is -3.19. The maximum Gasteiger partial charge on any atom is 0.268 e. The second-order valence-electron chi connectivity index (χ2n) is 4.59. The molecular weight excluding hydrogens is 282 g/mol. The minimum atomic E-state index is -0.562. The summed E-state index contributed by atoms with van der Waals surface area (Å²) in [7, 11) is 0. The number of nitrogen functional groups attached to an aromatic ring is 1. The third kappa shape index (κ3) is 2.52. The zero-order valence-corrected chi connectivity index (χ0v) is 11.5. The van der Waals surface area contributed by atoms with Crippen LogP contribution in [0.2, 0.25) is 0 Å². The van der Waals surface area contributed by atoms with Crippen molar-refractivity contribution in [2.75, 3.05) is 0 Å². The van der Waals surface area contributed by atoms with Gasteiger partial charge in [-0.15, -0.1) is 5.10 Å². The standard InChI is InChI=1S/C15H13N5O2/c16-17-15(22)12-7-6-11(8-14(12)21)20-9-13(18-19-20)10-4-2-1-3-5-10/h1-9,21H,16H2,(H,17,22). The number of hydrogen-bond acceptors (Lipinski definition) is 5. The maximum absolute atomic E-state index is 11.4. The lowest BCUT2D eigenvalue weighted by atomic mass is 10.1. The number of nitrogens with zero attached hydrogens (tertiary/aromatic N) is 3. The van der Waals surface area contributed by atoms with Crippen molar-refractivity contribution < 1.29 is 9.90 Å². The zero-order chi connectivity index (χ0) is 15.5. The third-order valence-electron chi connectivity index (χ3n) is 3.18. The van der Waals surface area contributed by atoms with Gasteiger partial charge in [-0.3, -0.25) is 10.2 Å². The van der Waals surface area contributed by atoms with Crippen molar-refractivity contribution in [3.8, 4) is 22.7 Å². The molecule has 1 heterocycles. The molecule has 0 aliphatic heterocycles. The van der Waals surface area contributed by atoms with E-state index in [4.69, 9.17) is 5.84 Å². The Labute approximate surface area is 126 Å². The highest BCUT2D eigenvalue weighted by molar-refractivity contribution is 5.96. The average Bonchev–Trinajstić information content (AvgIpc) is 3.05. The number of hydrazine groups is 1. The van der Waals surface area contributed by atoms with E-state index in [0.29, 0.717) is 11.4 Å². The van der Waals surface area contributed by atoms with Crippen LogP contribution < -0.4 is 11.3 Å². The van der Waals surface area contributed by atoms with Crippen molar-refractivity contribution in [1.82, 2.24) is 20.4 Å². The summed E-state index contributed by atoms with van der Waals surface area (Å²) >= 11 is 0. The molecule has 4 N–H and O–H groups in total. The van der Waals surface area contributed by atoms with Crippen LogP contribution in [-0.4, -0.2) is 26.0 Å². The SMILES string of the molecule is NNC(=O)c1ccc(-n2cc(-c3ccccc3)nn2)cc1O. The molecule has 3 aromatic rings. The predicted octanol–water partition coefficient (Wildman–Crippen LogP) is 1.24. The van der Waals surface area contributed by atoms with Gasteiger partial charge < -0.3 is 5.11 Å². The fraction of sp³-hybridized carbons (Fsp3) is 0. The van der Waals surface area contributed by atoms with Gasteiger partial charge in [-0.2, -0.15) is 0 Å². The molecule has 0 saturated carbocycles. The first-order valence-electron chi connectivity index (χ1n) is 6.51. The molecule has 0 unspecified atom stereocenters. The van der Waals surface area contributed by atoms with E-state index in [9.17, 15) is 9.90 Å². The van der Waals surface area contributed by atoms with Gasteiger partial charge in [0.05, 0.1) is 17.4 Å². The molecule has 1 aromatic heterocycles. The van der Waals surface area contributed by atoms with Gasteiger partial charge in [0.1, 0.15) is 11.4 Å². The Morgan fingerprint density at radius 2 is 1.95 bits per heavy atom. The molecule has 2 aromatic carbocycles. The van der Waals surface area contributed by atoms with Crippen molar-refractivity contribution in [1.29, 1.82) is 0 Å². The van der Waals surface area contributed by atoms with E-state index < -0.39 is 5.91 Å². The van der Waals surface area contributed by atoms with Crippen LogP contribution in [0.25, 0.3) is 16.9 Å². The first kappa shape index (κ1) is 13.8. The van der Waals surface area contributed by atoms with Crippen LogP contribution in [0.15, 0.2) is 54.7 Å². The Morgan fingerprint density at radius 3 is 2.64 bits per heavy atom. The highest BCUT2D eigenvalue weighted by Gasteiger charge is 2.12. The van der Waals surface area contributed by atoms with Crippen molar-refractivity contribution in [2.24, 2.45) is 5.84 Å². The molecule has 3 rings (SSSR count). The van der Waals surface area contributed by atoms with Gasteiger partial charge in [-0.1, -0.05) is 35.5 Å². The van der Waals surface area contributed by atoms with E-state index in [0.717, 1.165) is 5.56 Å². The summed E-state index contributed by atoms with van der Waals surface area (Å²) < 4.78 is 1.52. The van der Waals surface area contributed by atoms with E-state index in [2.05, 4.69) is 10.3 Å². The van der Waals surface area contributed by atoms with Crippen molar-refractivity contribution in [2.45, 2.75) is 0 Å². The number of hydrogen-bond donors (Lipinski definition) is 3. The highest BCUT2D eigenvalue weighted by atomic mass is 16.3. The Kier molecular flexibility index (Phi) is 3.55. The molecule has 0 atom stereocenters. The summed E-state index contributed by atoms with van der Waals surface area (Å²) in [6.07, 6.45) is 1.74. The maximum atomic E-state index is 11.4. The highest BCUT2D eigenvalue weighted by Crippen LogP contribution is 2.22. The lowest BCUT2D eigenvalue weighted by molar-refractivity contribution is 0.0951. The number of carbonyl (C=O) groups excluding carboxylic acids is 1. The van der Waals surface area contributed by atoms with Crippen LogP contribution in [0.3, 0.4) is 0 Å². The largest absolute Gasteiger partial charge is 0.507 e. The van der Waals surface area contributed by atoms with E-state index >= 15 is 0 Å². The summed E-state index contributed by atoms with van der Waals surface area (Å²) in [4.78, 5) is 11.4. The van der Waals surface area contributed by atoms with E-state index in [1.165, 1.54) is 16.8 Å². The number of carbonyl (C=O) groups is 1. The molecule has 1 amide bonds. The Morgan fingerprint density at radius 1 is 1.18 bits per heavy atom. The minimum absolute atomic E-state index is 0.0923. The van der Waals surface area contributed by atoms with Crippen LogP contribution >= 0.6 is 0 Å². The van der Waals surface area contributed by atoms with Gasteiger partial charge >= 0.3 is 0 Å². The van der Waals surface area contributed by atoms with Gasteiger partial charge in [0.2, 0.25) is 0 Å². The molecule has 0 fully saturated rings. The summed E-state index contributed by atoms with van der Waals surface area (Å²) in [6, 6.07) is 14.2. The molecule has 7 nitrogen and oxygen atoms in total. The average molecular weight is 295 g/mol. The number of nitrogens with two attached hydrogens (primary N) is 1. The summed E-state index contributed by atoms with van der Waals surface area (Å²) in [5.41, 5.74) is 4.30. The van der Waals surface area contributed by atoms with Crippen LogP contribution in [0.1, 0.15) is 10.4 Å². The fourth-order valence-corrected chi connectivity index (χ4v) is 2.06. The fourth-order valence-electron chi connectivity index (χ4n) is 2.06. The monoisotopic (exact) mass is 295 g/mol. The van der Waals surface area contributed by atoms with Crippen LogP contribution in [0.5, 0.6) is 5.75 Å². The van der Waals surface area contributed by atoms with Crippen LogP contribution in [-0.2, 0) is 0 Å². The summed E-state index contributed by atoms with van der Waals surface area (Å²) in [5.74, 6) is 4.31. The first-order chi connectivity index (χ1) is 10.7. The van der Waals surface area contributed by atoms with Crippen LogP contribution in [0.4, 0.5) is 0 Å². The molecule has 0 spiro atoms. The predicted molar refractivity (Wildman–Crippen MR) is 80.1 cm³/mol. The Bertz CT molecular complexity index is 814. The first-order valence-corrected chi connectivity index (χ1v) is 6.51. The molecule has 7 heteroatoms. The smallest absolute Gasteiger partial charge is 0.268 e. The number of phenols is 1. The Balaban J connectivity index is 1.94.